The number of nitriles is 1. The molecule has 1 aliphatic heterocycles. The third-order valence-corrected chi connectivity index (χ3v) is 6.14. The molecular weight excluding hydrogens is 437 g/mol. The van der Waals surface area contributed by atoms with E-state index in [0.717, 1.165) is 5.56 Å². The van der Waals surface area contributed by atoms with Gasteiger partial charge in [0.1, 0.15) is 12.6 Å². The average Bonchev–Trinajstić information content (AvgIpc) is 3.10. The number of hydrogen-bond donors (Lipinski definition) is 2. The molecule has 0 spiro atoms. The van der Waals surface area contributed by atoms with Gasteiger partial charge >= 0.3 is 12.1 Å². The predicted molar refractivity (Wildman–Crippen MR) is 96.5 cm³/mol. The Hall–Kier alpha value is -2.34. The zero-order chi connectivity index (χ0) is 22.4. The molecule has 1 aromatic carbocycles. The third-order valence-electron chi connectivity index (χ3n) is 3.51. The van der Waals surface area contributed by atoms with Gasteiger partial charge in [-0.1, -0.05) is 17.7 Å². The second-order valence-corrected chi connectivity index (χ2v) is 8.56. The van der Waals surface area contributed by atoms with Gasteiger partial charge in [0.25, 0.3) is 10.0 Å². The smallest absolute Gasteiger partial charge is 0.475 e. The monoisotopic (exact) mass is 454 g/mol. The van der Waals surface area contributed by atoms with E-state index in [-0.39, 0.29) is 4.90 Å². The topological polar surface area (TPSA) is 145 Å². The number of aryl methyl sites for hydroxylation is 1. The molecule has 0 saturated carbocycles. The summed E-state index contributed by atoms with van der Waals surface area (Å²) in [6.45, 7) is 1.35. The van der Waals surface area contributed by atoms with Gasteiger partial charge in [0.05, 0.1) is 16.8 Å². The highest BCUT2D eigenvalue weighted by Crippen LogP contribution is 2.21. The zero-order valence-electron chi connectivity index (χ0n) is 15.0. The van der Waals surface area contributed by atoms with E-state index in [0.29, 0.717) is 16.0 Å². The Balaban J connectivity index is 0.000000516. The standard InChI is InChI=1S/C13H16N4O3S2.C2HF3O2/c1-10-2-4-12(5-3-10)22(19,20)17(15)7-13(18)16-9-21-8-11(16)6-14;3-2(4,5)1(6)7/h2-5,11H,7-9,15H2,1H3;(H,6,7). The van der Waals surface area contributed by atoms with Crippen molar-refractivity contribution in [2.24, 2.45) is 5.84 Å². The maximum atomic E-state index is 12.3. The van der Waals surface area contributed by atoms with Crippen molar-refractivity contribution in [3.8, 4) is 6.07 Å². The molecule has 2 rings (SSSR count). The van der Waals surface area contributed by atoms with Crippen LogP contribution >= 0.6 is 11.8 Å². The summed E-state index contributed by atoms with van der Waals surface area (Å²) in [7, 11) is -3.93. The van der Waals surface area contributed by atoms with Gasteiger partial charge in [-0.3, -0.25) is 10.6 Å². The van der Waals surface area contributed by atoms with Crippen LogP contribution in [0.3, 0.4) is 0 Å². The lowest BCUT2D eigenvalue weighted by Gasteiger charge is -2.22. The van der Waals surface area contributed by atoms with Crippen molar-refractivity contribution in [1.82, 2.24) is 9.31 Å². The molecule has 1 aliphatic rings. The van der Waals surface area contributed by atoms with Crippen LogP contribution in [0.1, 0.15) is 5.56 Å². The molecule has 1 unspecified atom stereocenters. The molecule has 1 amide bonds. The van der Waals surface area contributed by atoms with Gasteiger partial charge in [0.2, 0.25) is 5.91 Å². The zero-order valence-corrected chi connectivity index (χ0v) is 16.6. The predicted octanol–water partition coefficient (Wildman–Crippen LogP) is 0.918. The highest BCUT2D eigenvalue weighted by atomic mass is 32.2. The molecule has 14 heteroatoms. The van der Waals surface area contributed by atoms with Crippen molar-refractivity contribution in [3.63, 3.8) is 0 Å². The molecule has 1 atom stereocenters. The lowest BCUT2D eigenvalue weighted by Crippen LogP contribution is -2.47. The van der Waals surface area contributed by atoms with Crippen LogP contribution in [0.25, 0.3) is 0 Å². The van der Waals surface area contributed by atoms with Gasteiger partial charge in [-0.15, -0.1) is 16.2 Å². The number of hydrogen-bond acceptors (Lipinski definition) is 7. The molecule has 3 N–H and O–H groups in total. The number of carbonyl (C=O) groups excluding carboxylic acids is 1. The van der Waals surface area contributed by atoms with Crippen molar-refractivity contribution < 1.29 is 36.3 Å². The minimum Gasteiger partial charge on any atom is -0.475 e. The first-order valence-corrected chi connectivity index (χ1v) is 10.3. The Bertz CT molecular complexity index is 885. The summed E-state index contributed by atoms with van der Waals surface area (Å²) < 4.78 is 56.9. The summed E-state index contributed by atoms with van der Waals surface area (Å²) >= 11 is 1.45. The minimum absolute atomic E-state index is 0.0287. The van der Waals surface area contributed by atoms with E-state index < -0.39 is 40.7 Å². The molecule has 0 aliphatic carbocycles. The lowest BCUT2D eigenvalue weighted by atomic mass is 10.2. The van der Waals surface area contributed by atoms with Crippen LogP contribution in [0.15, 0.2) is 29.2 Å². The lowest BCUT2D eigenvalue weighted by molar-refractivity contribution is -0.192. The van der Waals surface area contributed by atoms with Crippen molar-refractivity contribution in [1.29, 1.82) is 5.26 Å². The molecular formula is C15H17F3N4O5S2. The van der Waals surface area contributed by atoms with Crippen molar-refractivity contribution in [2.75, 3.05) is 18.2 Å². The second-order valence-electron chi connectivity index (χ2n) is 5.67. The normalized spacial score (nSPS) is 16.7. The Morgan fingerprint density at radius 3 is 2.34 bits per heavy atom. The molecule has 1 heterocycles. The molecule has 0 radical (unpaired) electrons. The number of alkyl halides is 3. The van der Waals surface area contributed by atoms with E-state index in [4.69, 9.17) is 21.0 Å². The quantitative estimate of drug-likeness (QED) is 0.505. The molecule has 0 bridgehead atoms. The van der Waals surface area contributed by atoms with E-state index in [1.807, 2.05) is 13.0 Å². The van der Waals surface area contributed by atoms with Crippen LogP contribution < -0.4 is 5.84 Å². The Labute approximate surface area is 168 Å². The van der Waals surface area contributed by atoms with Gasteiger partial charge in [-0.25, -0.2) is 13.2 Å². The number of carboxylic acid groups (broad SMARTS) is 1. The van der Waals surface area contributed by atoms with Crippen LogP contribution in [-0.4, -0.2) is 65.1 Å². The maximum absolute atomic E-state index is 12.3. The SMILES string of the molecule is Cc1ccc(S(=O)(=O)N(N)CC(=O)N2CSCC2C#N)cc1.O=C(O)C(F)(F)F. The highest BCUT2D eigenvalue weighted by molar-refractivity contribution is 7.99. The summed E-state index contributed by atoms with van der Waals surface area (Å²) in [4.78, 5) is 22.4. The number of aliphatic carboxylic acids is 1. The van der Waals surface area contributed by atoms with Crippen LogP contribution in [0.2, 0.25) is 0 Å². The molecule has 1 saturated heterocycles. The number of hydrazine groups is 1. The summed E-state index contributed by atoms with van der Waals surface area (Å²) in [6.07, 6.45) is -5.08. The Morgan fingerprint density at radius 1 is 1.38 bits per heavy atom. The molecule has 1 aromatic rings. The maximum Gasteiger partial charge on any atom is 0.490 e. The van der Waals surface area contributed by atoms with E-state index in [1.165, 1.54) is 28.8 Å². The number of nitrogens with zero attached hydrogens (tertiary/aromatic N) is 3. The van der Waals surface area contributed by atoms with Crippen LogP contribution in [0.5, 0.6) is 0 Å². The van der Waals surface area contributed by atoms with Crippen LogP contribution in [-0.2, 0) is 19.6 Å². The number of amides is 1. The fraction of sp³-hybridized carbons (Fsp3) is 0.400. The van der Waals surface area contributed by atoms with Gasteiger partial charge < -0.3 is 10.0 Å². The number of carbonyl (C=O) groups is 2. The second kappa shape index (κ2) is 9.92. The first-order valence-electron chi connectivity index (χ1n) is 7.71. The fourth-order valence-corrected chi connectivity index (χ4v) is 4.09. The van der Waals surface area contributed by atoms with E-state index >= 15 is 0 Å². The van der Waals surface area contributed by atoms with Crippen molar-refractivity contribution in [2.45, 2.75) is 24.0 Å². The summed E-state index contributed by atoms with van der Waals surface area (Å²) in [6, 6.07) is 7.69. The van der Waals surface area contributed by atoms with Crippen molar-refractivity contribution >= 4 is 33.7 Å². The fourth-order valence-electron chi connectivity index (χ4n) is 1.95. The Morgan fingerprint density at radius 2 is 1.90 bits per heavy atom. The van der Waals surface area contributed by atoms with Crippen molar-refractivity contribution in [3.05, 3.63) is 29.8 Å². The number of thioether (sulfide) groups is 1. The molecule has 9 nitrogen and oxygen atoms in total. The van der Waals surface area contributed by atoms with Gasteiger partial charge in [-0.2, -0.15) is 18.4 Å². The van der Waals surface area contributed by atoms with E-state index in [2.05, 4.69) is 0 Å². The summed E-state index contributed by atoms with van der Waals surface area (Å²) in [5.74, 6) is 3.25. The summed E-state index contributed by atoms with van der Waals surface area (Å²) in [5, 5.41) is 16.1. The molecule has 29 heavy (non-hydrogen) atoms. The number of rotatable bonds is 4. The number of carboxylic acids is 1. The van der Waals surface area contributed by atoms with Gasteiger partial charge in [0.15, 0.2) is 0 Å². The number of halogens is 3. The van der Waals surface area contributed by atoms with Gasteiger partial charge in [-0.05, 0) is 19.1 Å². The number of benzene rings is 1. The molecule has 160 valence electrons. The average molecular weight is 454 g/mol. The number of nitrogens with two attached hydrogens (primary N) is 1. The van der Waals surface area contributed by atoms with Crippen LogP contribution in [0.4, 0.5) is 13.2 Å². The van der Waals surface area contributed by atoms with Gasteiger partial charge in [0, 0.05) is 5.75 Å². The first kappa shape index (κ1) is 24.7. The van der Waals surface area contributed by atoms with E-state index in [1.54, 1.807) is 12.1 Å². The minimum atomic E-state index is -5.08. The number of sulfonamides is 1. The Kier molecular flexibility index (Phi) is 8.45. The molecule has 1 fully saturated rings. The third kappa shape index (κ3) is 6.89. The van der Waals surface area contributed by atoms with Crippen LogP contribution in [0, 0.1) is 18.3 Å². The largest absolute Gasteiger partial charge is 0.490 e. The highest BCUT2D eigenvalue weighted by Gasteiger charge is 2.38. The first-order chi connectivity index (χ1) is 13.3. The van der Waals surface area contributed by atoms with E-state index in [9.17, 15) is 26.4 Å². The molecule has 0 aromatic heterocycles. The summed E-state index contributed by atoms with van der Waals surface area (Å²) in [5.41, 5.74) is 0.921.